The van der Waals surface area contributed by atoms with Crippen LogP contribution in [0.2, 0.25) is 0 Å². The van der Waals surface area contributed by atoms with Gasteiger partial charge in [-0.15, -0.1) is 0 Å². The van der Waals surface area contributed by atoms with Gasteiger partial charge in [-0.2, -0.15) is 0 Å². The van der Waals surface area contributed by atoms with E-state index in [2.05, 4.69) is 5.32 Å². The van der Waals surface area contributed by atoms with Gasteiger partial charge >= 0.3 is 0 Å². The number of rotatable bonds is 6. The zero-order valence-electron chi connectivity index (χ0n) is 15.2. The molecule has 1 heterocycles. The van der Waals surface area contributed by atoms with Gasteiger partial charge < -0.3 is 19.5 Å². The van der Waals surface area contributed by atoms with Crippen molar-refractivity contribution in [2.75, 3.05) is 19.9 Å². The van der Waals surface area contributed by atoms with Crippen LogP contribution in [0.3, 0.4) is 0 Å². The van der Waals surface area contributed by atoms with E-state index in [1.54, 1.807) is 0 Å². The fourth-order valence-electron chi connectivity index (χ4n) is 3.24. The molecule has 0 bridgehead atoms. The maximum Gasteiger partial charge on any atom is 0.257 e. The third kappa shape index (κ3) is 4.23. The molecule has 1 amide bonds. The molecular formula is C22H20FNO4. The Morgan fingerprint density at radius 1 is 1.11 bits per heavy atom. The fraction of sp³-hybridized carbons (Fsp3) is 0.227. The summed E-state index contributed by atoms with van der Waals surface area (Å²) in [7, 11) is 0. The van der Waals surface area contributed by atoms with Crippen molar-refractivity contribution >= 4 is 16.7 Å². The second-order valence-corrected chi connectivity index (χ2v) is 6.56. The lowest BCUT2D eigenvalue weighted by molar-refractivity contribution is -0.123. The summed E-state index contributed by atoms with van der Waals surface area (Å²) in [4.78, 5) is 12.1. The van der Waals surface area contributed by atoms with Crippen molar-refractivity contribution in [3.8, 4) is 11.5 Å². The van der Waals surface area contributed by atoms with E-state index in [0.717, 1.165) is 10.8 Å². The molecule has 0 aliphatic carbocycles. The minimum atomic E-state index is -0.339. The van der Waals surface area contributed by atoms with Gasteiger partial charge in [0.1, 0.15) is 17.3 Å². The van der Waals surface area contributed by atoms with Crippen molar-refractivity contribution in [1.29, 1.82) is 0 Å². The zero-order valence-corrected chi connectivity index (χ0v) is 15.2. The van der Waals surface area contributed by atoms with Crippen LogP contribution in [0.5, 0.6) is 11.5 Å². The molecule has 1 N–H and O–H groups in total. The van der Waals surface area contributed by atoms with Crippen LogP contribution in [0.1, 0.15) is 11.1 Å². The summed E-state index contributed by atoms with van der Waals surface area (Å²) in [5.41, 5.74) is 1.40. The molecule has 3 aromatic rings. The van der Waals surface area contributed by atoms with E-state index >= 15 is 0 Å². The molecule has 0 saturated heterocycles. The van der Waals surface area contributed by atoms with E-state index in [1.807, 2.05) is 42.5 Å². The summed E-state index contributed by atoms with van der Waals surface area (Å²) in [6.45, 7) is 0.758. The van der Waals surface area contributed by atoms with Crippen LogP contribution in [0, 0.1) is 5.82 Å². The first-order valence-electron chi connectivity index (χ1n) is 9.09. The van der Waals surface area contributed by atoms with Gasteiger partial charge in [0.2, 0.25) is 0 Å². The van der Waals surface area contributed by atoms with Gasteiger partial charge in [0, 0.05) is 12.1 Å². The first-order valence-corrected chi connectivity index (χ1v) is 9.09. The molecule has 0 fully saturated rings. The van der Waals surface area contributed by atoms with E-state index in [-0.39, 0.29) is 25.1 Å². The maximum absolute atomic E-state index is 13.7. The molecular weight excluding hydrogens is 361 g/mol. The van der Waals surface area contributed by atoms with Gasteiger partial charge in [0.15, 0.2) is 13.4 Å². The number of halogens is 1. The van der Waals surface area contributed by atoms with E-state index in [4.69, 9.17) is 14.2 Å². The van der Waals surface area contributed by atoms with Gasteiger partial charge in [0.05, 0.1) is 6.61 Å². The molecule has 0 radical (unpaired) electrons. The molecule has 1 aliphatic rings. The molecule has 0 unspecified atom stereocenters. The summed E-state index contributed by atoms with van der Waals surface area (Å²) in [5.74, 6) is 0.715. The third-order valence-electron chi connectivity index (χ3n) is 4.56. The normalized spacial score (nSPS) is 12.9. The maximum atomic E-state index is 13.7. The van der Waals surface area contributed by atoms with Crippen LogP contribution < -0.4 is 14.8 Å². The lowest BCUT2D eigenvalue weighted by atomic mass is 10.1. The molecule has 6 heteroatoms. The molecule has 3 aromatic carbocycles. The highest BCUT2D eigenvalue weighted by Gasteiger charge is 2.17. The Bertz CT molecular complexity index is 1000. The third-order valence-corrected chi connectivity index (χ3v) is 4.56. The summed E-state index contributed by atoms with van der Waals surface area (Å²) in [6, 6.07) is 16.5. The van der Waals surface area contributed by atoms with Crippen LogP contribution >= 0.6 is 0 Å². The molecule has 0 aromatic heterocycles. The number of carbonyl (C=O) groups is 1. The van der Waals surface area contributed by atoms with Crippen LogP contribution in [0.15, 0.2) is 54.6 Å². The average Bonchev–Trinajstić information content (AvgIpc) is 2.72. The molecule has 144 valence electrons. The highest BCUT2D eigenvalue weighted by atomic mass is 19.1. The van der Waals surface area contributed by atoms with Crippen LogP contribution in [-0.4, -0.2) is 25.9 Å². The van der Waals surface area contributed by atoms with Gasteiger partial charge in [-0.3, -0.25) is 4.79 Å². The van der Waals surface area contributed by atoms with Gasteiger partial charge in [0.25, 0.3) is 5.91 Å². The number of hydrogen-bond acceptors (Lipinski definition) is 4. The Labute approximate surface area is 162 Å². The van der Waals surface area contributed by atoms with Crippen LogP contribution in [0.4, 0.5) is 4.39 Å². The molecule has 1 aliphatic heterocycles. The number of ether oxygens (including phenoxy) is 3. The highest BCUT2D eigenvalue weighted by Crippen LogP contribution is 2.29. The summed E-state index contributed by atoms with van der Waals surface area (Å²) in [6.07, 6.45) is 0.460. The van der Waals surface area contributed by atoms with Gasteiger partial charge in [-0.05, 0) is 47.0 Å². The zero-order chi connectivity index (χ0) is 19.3. The van der Waals surface area contributed by atoms with Crippen LogP contribution in [0.25, 0.3) is 10.8 Å². The van der Waals surface area contributed by atoms with Crippen molar-refractivity contribution in [3.63, 3.8) is 0 Å². The van der Waals surface area contributed by atoms with E-state index in [1.165, 1.54) is 12.1 Å². The molecule has 4 rings (SSSR count). The van der Waals surface area contributed by atoms with Crippen molar-refractivity contribution in [2.24, 2.45) is 0 Å². The van der Waals surface area contributed by atoms with Crippen molar-refractivity contribution < 1.29 is 23.4 Å². The Morgan fingerprint density at radius 2 is 1.96 bits per heavy atom. The second kappa shape index (κ2) is 8.27. The first kappa shape index (κ1) is 18.3. The van der Waals surface area contributed by atoms with E-state index < -0.39 is 0 Å². The minimum absolute atomic E-state index is 0.0794. The molecule has 0 atom stereocenters. The quantitative estimate of drug-likeness (QED) is 0.709. The lowest BCUT2D eigenvalue weighted by Gasteiger charge is -2.21. The summed E-state index contributed by atoms with van der Waals surface area (Å²) >= 11 is 0. The monoisotopic (exact) mass is 381 g/mol. The van der Waals surface area contributed by atoms with Crippen molar-refractivity contribution in [2.45, 2.75) is 13.0 Å². The second-order valence-electron chi connectivity index (χ2n) is 6.56. The Balaban J connectivity index is 1.29. The van der Waals surface area contributed by atoms with Crippen LogP contribution in [-0.2, 0) is 22.6 Å². The summed E-state index contributed by atoms with van der Waals surface area (Å²) in [5, 5.41) is 4.96. The fourth-order valence-corrected chi connectivity index (χ4v) is 3.24. The first-order chi connectivity index (χ1) is 13.7. The average molecular weight is 381 g/mol. The molecule has 0 spiro atoms. The standard InChI is InChI=1S/C22H20FNO4/c23-19-9-17(22-18(10-19)12-26-14-28-22)7-8-24-21(25)13-27-20-6-5-15-3-1-2-4-16(15)11-20/h1-6,9-11H,7-8,12-14H2,(H,24,25). The Kier molecular flexibility index (Phi) is 5.39. The van der Waals surface area contributed by atoms with E-state index in [0.29, 0.717) is 42.2 Å². The highest BCUT2D eigenvalue weighted by molar-refractivity contribution is 5.84. The molecule has 28 heavy (non-hydrogen) atoms. The van der Waals surface area contributed by atoms with Gasteiger partial charge in [-0.1, -0.05) is 30.3 Å². The predicted octanol–water partition coefficient (Wildman–Crippen LogP) is 3.58. The Morgan fingerprint density at radius 3 is 2.86 bits per heavy atom. The lowest BCUT2D eigenvalue weighted by Crippen LogP contribution is -2.30. The Hall–Kier alpha value is -3.12. The number of nitrogens with one attached hydrogen (secondary N) is 1. The largest absolute Gasteiger partial charge is 0.484 e. The smallest absolute Gasteiger partial charge is 0.257 e. The van der Waals surface area contributed by atoms with E-state index in [9.17, 15) is 9.18 Å². The number of amides is 1. The number of fused-ring (bicyclic) bond motifs is 2. The summed E-state index contributed by atoms with van der Waals surface area (Å²) < 4.78 is 30.0. The topological polar surface area (TPSA) is 56.8 Å². The number of benzene rings is 3. The number of carbonyl (C=O) groups excluding carboxylic acids is 1. The van der Waals surface area contributed by atoms with Crippen molar-refractivity contribution in [1.82, 2.24) is 5.32 Å². The molecule has 5 nitrogen and oxygen atoms in total. The molecule has 0 saturated carbocycles. The number of hydrogen-bond donors (Lipinski definition) is 1. The minimum Gasteiger partial charge on any atom is -0.484 e. The predicted molar refractivity (Wildman–Crippen MR) is 103 cm³/mol. The van der Waals surface area contributed by atoms with Gasteiger partial charge in [-0.25, -0.2) is 4.39 Å². The van der Waals surface area contributed by atoms with Crippen molar-refractivity contribution in [3.05, 3.63) is 71.5 Å². The SMILES string of the molecule is O=C(COc1ccc2ccccc2c1)NCCc1cc(F)cc2c1OCOC2.